The summed E-state index contributed by atoms with van der Waals surface area (Å²) in [6.07, 6.45) is 10.3. The fourth-order valence-corrected chi connectivity index (χ4v) is 11.4. The minimum absolute atomic E-state index is 0.0843. The number of H-pyrrole nitrogens is 2. The van der Waals surface area contributed by atoms with E-state index < -0.39 is 24.3 Å². The first-order valence-corrected chi connectivity index (χ1v) is 24.6. The topological polar surface area (TPSA) is 178 Å². The maximum atomic E-state index is 13.9. The number of nitrogens with one attached hydrogen (secondary N) is 4. The summed E-state index contributed by atoms with van der Waals surface area (Å²) in [5.74, 6) is 1.63. The summed E-state index contributed by atoms with van der Waals surface area (Å²) >= 11 is 0. The van der Waals surface area contributed by atoms with E-state index in [-0.39, 0.29) is 47.8 Å². The molecule has 6 atom stereocenters. The SMILES string of the molecule is COC(=O)N[C@H](C(=O)N1CCC[C@H]1c1nc2ccc([C@H]3CC[C@H](c4ccc5nc([C@@H]6CCCN6C(=O)[C@@H](NC(=O)OC)C(C)C)[nH]c5c4)N3c3ccc(C4CCCCC4)cc3)cc2[nH]1)C(C)C. The molecular weight excluding hydrogens is 847 g/mol. The lowest BCUT2D eigenvalue weighted by Crippen LogP contribution is -2.51. The number of alkyl carbamates (subject to hydrolysis) is 2. The second-order valence-corrected chi connectivity index (χ2v) is 19.8. The molecule has 9 rings (SSSR count). The maximum absolute atomic E-state index is 13.9. The van der Waals surface area contributed by atoms with Crippen molar-refractivity contribution in [3.63, 3.8) is 0 Å². The van der Waals surface area contributed by atoms with Crippen molar-refractivity contribution < 1.29 is 28.7 Å². The Balaban J connectivity index is 1.01. The minimum Gasteiger partial charge on any atom is -0.453 e. The van der Waals surface area contributed by atoms with Crippen LogP contribution in [0.5, 0.6) is 0 Å². The molecule has 3 aromatic carbocycles. The average molecular weight is 914 g/mol. The van der Waals surface area contributed by atoms with Gasteiger partial charge in [0, 0.05) is 18.8 Å². The molecule has 5 heterocycles. The first-order valence-electron chi connectivity index (χ1n) is 24.6. The van der Waals surface area contributed by atoms with Crippen molar-refractivity contribution in [3.8, 4) is 0 Å². The number of aromatic amines is 2. The van der Waals surface area contributed by atoms with Crippen LogP contribution in [-0.4, -0.2) is 93.1 Å². The van der Waals surface area contributed by atoms with E-state index >= 15 is 0 Å². The number of fused-ring (bicyclic) bond motifs is 2. The molecule has 0 radical (unpaired) electrons. The van der Waals surface area contributed by atoms with Gasteiger partial charge in [-0.2, -0.15) is 0 Å². The molecule has 1 saturated carbocycles. The lowest BCUT2D eigenvalue weighted by atomic mass is 9.84. The van der Waals surface area contributed by atoms with Gasteiger partial charge in [-0.15, -0.1) is 0 Å². The summed E-state index contributed by atoms with van der Waals surface area (Å²) in [6.45, 7) is 8.88. The number of methoxy groups -OCH3 is 2. The molecule has 2 aromatic heterocycles. The molecule has 15 heteroatoms. The van der Waals surface area contributed by atoms with Crippen molar-refractivity contribution in [2.45, 2.75) is 140 Å². The zero-order valence-corrected chi connectivity index (χ0v) is 39.8. The highest BCUT2D eigenvalue weighted by Gasteiger charge is 2.40. The number of rotatable bonds is 12. The van der Waals surface area contributed by atoms with E-state index in [1.54, 1.807) is 0 Å². The van der Waals surface area contributed by atoms with Crippen LogP contribution >= 0.6 is 0 Å². The highest BCUT2D eigenvalue weighted by atomic mass is 16.5. The zero-order chi connectivity index (χ0) is 46.9. The van der Waals surface area contributed by atoms with Crippen LogP contribution in [0.2, 0.25) is 0 Å². The summed E-state index contributed by atoms with van der Waals surface area (Å²) in [7, 11) is 2.61. The first-order chi connectivity index (χ1) is 32.4. The molecule has 4 amide bonds. The Morgan fingerprint density at radius 3 is 1.45 bits per heavy atom. The third-order valence-corrected chi connectivity index (χ3v) is 15.0. The molecule has 15 nitrogen and oxygen atoms in total. The number of hydrogen-bond acceptors (Lipinski definition) is 9. The molecule has 67 heavy (non-hydrogen) atoms. The van der Waals surface area contributed by atoms with Crippen molar-refractivity contribution in [1.82, 2.24) is 40.4 Å². The van der Waals surface area contributed by atoms with Gasteiger partial charge in [-0.25, -0.2) is 19.6 Å². The van der Waals surface area contributed by atoms with Crippen LogP contribution in [0.1, 0.15) is 157 Å². The Kier molecular flexibility index (Phi) is 13.5. The zero-order valence-electron chi connectivity index (χ0n) is 39.8. The van der Waals surface area contributed by atoms with E-state index in [0.29, 0.717) is 19.0 Å². The Bertz CT molecular complexity index is 2430. The van der Waals surface area contributed by atoms with E-state index in [9.17, 15) is 19.2 Å². The normalized spacial score (nSPS) is 22.2. The monoisotopic (exact) mass is 914 g/mol. The van der Waals surface area contributed by atoms with Gasteiger partial charge in [0.25, 0.3) is 0 Å². The van der Waals surface area contributed by atoms with E-state index in [0.717, 1.165) is 72.2 Å². The largest absolute Gasteiger partial charge is 0.453 e. The highest BCUT2D eigenvalue weighted by Crippen LogP contribution is 2.48. The molecule has 4 N–H and O–H groups in total. The lowest BCUT2D eigenvalue weighted by Gasteiger charge is -2.34. The van der Waals surface area contributed by atoms with E-state index in [4.69, 9.17) is 19.4 Å². The molecule has 3 aliphatic heterocycles. The second kappa shape index (κ2) is 19.6. The highest BCUT2D eigenvalue weighted by molar-refractivity contribution is 5.87. The van der Waals surface area contributed by atoms with Gasteiger partial charge in [0.15, 0.2) is 0 Å². The number of benzene rings is 3. The molecule has 5 aromatic rings. The number of carbonyl (C=O) groups is 4. The number of likely N-dealkylation sites (tertiary alicyclic amines) is 2. The Morgan fingerprint density at radius 2 is 1.01 bits per heavy atom. The fourth-order valence-electron chi connectivity index (χ4n) is 11.4. The Hall–Kier alpha value is -6.12. The third kappa shape index (κ3) is 9.30. The molecule has 0 bridgehead atoms. The lowest BCUT2D eigenvalue weighted by molar-refractivity contribution is -0.136. The van der Waals surface area contributed by atoms with E-state index in [1.165, 1.54) is 68.7 Å². The molecule has 3 saturated heterocycles. The molecule has 0 spiro atoms. The molecular formula is C52H67N9O6. The number of anilines is 1. The number of amides is 4. The van der Waals surface area contributed by atoms with E-state index in [1.807, 2.05) is 37.5 Å². The Morgan fingerprint density at radius 1 is 0.567 bits per heavy atom. The van der Waals surface area contributed by atoms with Crippen molar-refractivity contribution in [1.29, 1.82) is 0 Å². The summed E-state index contributed by atoms with van der Waals surface area (Å²) in [5.41, 5.74) is 8.57. The fraction of sp³-hybridized carbons (Fsp3) is 0.538. The summed E-state index contributed by atoms with van der Waals surface area (Å²) < 4.78 is 9.69. The number of carbonyl (C=O) groups excluding carboxylic acids is 4. The Labute approximate surface area is 393 Å². The quantitative estimate of drug-likeness (QED) is 0.0949. The van der Waals surface area contributed by atoms with Crippen LogP contribution in [0.3, 0.4) is 0 Å². The second-order valence-electron chi connectivity index (χ2n) is 19.8. The predicted molar refractivity (Wildman–Crippen MR) is 257 cm³/mol. The number of imidazole rings is 2. The van der Waals surface area contributed by atoms with Crippen LogP contribution in [0.25, 0.3) is 22.1 Å². The summed E-state index contributed by atoms with van der Waals surface area (Å²) in [4.78, 5) is 75.9. The number of nitrogens with zero attached hydrogens (tertiary/aromatic N) is 5. The van der Waals surface area contributed by atoms with Crippen LogP contribution in [0.15, 0.2) is 60.7 Å². The van der Waals surface area contributed by atoms with Crippen molar-refractivity contribution in [2.75, 3.05) is 32.2 Å². The van der Waals surface area contributed by atoms with Gasteiger partial charge in [-0.1, -0.05) is 71.2 Å². The minimum atomic E-state index is -0.702. The van der Waals surface area contributed by atoms with Crippen LogP contribution in [-0.2, 0) is 19.1 Å². The summed E-state index contributed by atoms with van der Waals surface area (Å²) in [6, 6.07) is 20.8. The molecule has 4 fully saturated rings. The van der Waals surface area contributed by atoms with Gasteiger partial charge in [0.1, 0.15) is 23.7 Å². The molecule has 356 valence electrons. The van der Waals surface area contributed by atoms with Gasteiger partial charge >= 0.3 is 12.2 Å². The van der Waals surface area contributed by atoms with Gasteiger partial charge < -0.3 is 44.8 Å². The molecule has 4 aliphatic rings. The van der Waals surface area contributed by atoms with Crippen molar-refractivity contribution in [2.24, 2.45) is 11.8 Å². The van der Waals surface area contributed by atoms with Crippen molar-refractivity contribution in [3.05, 3.63) is 89.0 Å². The average Bonchev–Trinajstić information content (AvgIpc) is 4.20. The first kappa shape index (κ1) is 46.0. The van der Waals surface area contributed by atoms with Crippen LogP contribution in [0.4, 0.5) is 15.3 Å². The van der Waals surface area contributed by atoms with Gasteiger partial charge in [0.05, 0.1) is 60.5 Å². The van der Waals surface area contributed by atoms with Crippen LogP contribution < -0.4 is 15.5 Å². The standard InChI is InChI=1S/C52H67N9O6/c1-30(2)45(57-51(64)66-5)49(62)59-26-10-14-43(59)47-53-37-22-18-34(28-39(37)55-47)41-24-25-42(61(41)36-20-16-33(17-21-36)32-12-8-7-9-13-32)35-19-23-38-40(29-35)56-48(54-38)44-15-11-27-60(44)50(63)46(31(3)4)58-52(65)67-6/h16-23,28-32,41-46H,7-15,24-27H2,1-6H3,(H,53,55)(H,54,56)(H,57,64)(H,58,65)/t41-,42-,43+,44+,45+,46+/m1/s1. The number of hydrogen-bond donors (Lipinski definition) is 4. The number of aromatic nitrogens is 4. The van der Waals surface area contributed by atoms with E-state index in [2.05, 4.69) is 86.2 Å². The van der Waals surface area contributed by atoms with Gasteiger partial charge in [-0.3, -0.25) is 9.59 Å². The summed E-state index contributed by atoms with van der Waals surface area (Å²) in [5, 5.41) is 5.50. The van der Waals surface area contributed by atoms with Gasteiger partial charge in [-0.05, 0) is 122 Å². The van der Waals surface area contributed by atoms with Crippen molar-refractivity contribution >= 4 is 51.8 Å². The predicted octanol–water partition coefficient (Wildman–Crippen LogP) is 9.66. The van der Waals surface area contributed by atoms with Crippen LogP contribution in [0, 0.1) is 11.8 Å². The third-order valence-electron chi connectivity index (χ3n) is 15.0. The van der Waals surface area contributed by atoms with Gasteiger partial charge in [0.2, 0.25) is 11.8 Å². The molecule has 1 aliphatic carbocycles. The number of ether oxygens (including phenoxy) is 2. The smallest absolute Gasteiger partial charge is 0.407 e. The molecule has 0 unspecified atom stereocenters. The maximum Gasteiger partial charge on any atom is 0.407 e.